The van der Waals surface area contributed by atoms with E-state index in [9.17, 15) is 0 Å². The molecule has 2 rings (SSSR count). The molecule has 0 atom stereocenters. The Morgan fingerprint density at radius 3 is 2.59 bits per heavy atom. The highest BCUT2D eigenvalue weighted by Gasteiger charge is 2.14. The Bertz CT molecular complexity index is 355. The molecule has 1 aromatic rings. The van der Waals surface area contributed by atoms with E-state index < -0.39 is 0 Å². The molecule has 2 nitrogen and oxygen atoms in total. The van der Waals surface area contributed by atoms with Crippen LogP contribution in [0.4, 0.5) is 0 Å². The molecule has 0 aromatic heterocycles. The molecular formula is C14H19NOS. The van der Waals surface area contributed by atoms with Crippen LogP contribution in [-0.2, 0) is 0 Å². The zero-order valence-corrected chi connectivity index (χ0v) is 10.8. The van der Waals surface area contributed by atoms with Crippen molar-refractivity contribution in [3.8, 4) is 5.75 Å². The molecular weight excluding hydrogens is 230 g/mol. The van der Waals surface area contributed by atoms with Gasteiger partial charge >= 0.3 is 0 Å². The van der Waals surface area contributed by atoms with Gasteiger partial charge in [0.05, 0.1) is 0 Å². The predicted molar refractivity (Wildman–Crippen MR) is 75.5 cm³/mol. The van der Waals surface area contributed by atoms with Crippen molar-refractivity contribution in [2.45, 2.75) is 18.9 Å². The lowest BCUT2D eigenvalue weighted by Crippen LogP contribution is -2.21. The molecule has 0 bridgehead atoms. The quantitative estimate of drug-likeness (QED) is 0.891. The van der Waals surface area contributed by atoms with Crippen molar-refractivity contribution in [2.24, 2.45) is 5.73 Å². The van der Waals surface area contributed by atoms with Crippen molar-refractivity contribution in [1.82, 2.24) is 0 Å². The minimum absolute atomic E-state index is 0.404. The average molecular weight is 249 g/mol. The molecule has 0 unspecified atom stereocenters. The first-order chi connectivity index (χ1) is 8.38. The highest BCUT2D eigenvalue weighted by Crippen LogP contribution is 2.23. The zero-order chi connectivity index (χ0) is 11.9. The summed E-state index contributed by atoms with van der Waals surface area (Å²) in [6, 6.07) is 8.22. The van der Waals surface area contributed by atoms with E-state index >= 15 is 0 Å². The molecule has 1 aliphatic rings. The summed E-state index contributed by atoms with van der Waals surface area (Å²) in [5.41, 5.74) is 6.58. The van der Waals surface area contributed by atoms with E-state index in [-0.39, 0.29) is 0 Å². The number of hydrogen-bond acceptors (Lipinski definition) is 3. The molecule has 2 N–H and O–H groups in total. The van der Waals surface area contributed by atoms with Gasteiger partial charge in [0.2, 0.25) is 0 Å². The second kappa shape index (κ2) is 6.72. The summed E-state index contributed by atoms with van der Waals surface area (Å²) in [7, 11) is 0. The van der Waals surface area contributed by atoms with Crippen LogP contribution in [0, 0.1) is 0 Å². The summed E-state index contributed by atoms with van der Waals surface area (Å²) in [5, 5.41) is 0. The van der Waals surface area contributed by atoms with Gasteiger partial charge in [0.25, 0.3) is 0 Å². The fourth-order valence-electron chi connectivity index (χ4n) is 1.85. The molecule has 1 aromatic carbocycles. The third-order valence-electron chi connectivity index (χ3n) is 2.80. The van der Waals surface area contributed by atoms with Gasteiger partial charge in [-0.15, -0.1) is 0 Å². The van der Waals surface area contributed by atoms with Crippen LogP contribution >= 0.6 is 11.8 Å². The molecule has 3 heteroatoms. The van der Waals surface area contributed by atoms with Crippen LogP contribution in [0.25, 0.3) is 6.08 Å². The van der Waals surface area contributed by atoms with Crippen LogP contribution in [0.2, 0.25) is 0 Å². The Morgan fingerprint density at radius 1 is 1.24 bits per heavy atom. The molecule has 17 heavy (non-hydrogen) atoms. The Morgan fingerprint density at radius 2 is 1.94 bits per heavy atom. The maximum Gasteiger partial charge on any atom is 0.119 e. The van der Waals surface area contributed by atoms with Gasteiger partial charge in [0.1, 0.15) is 11.9 Å². The lowest BCUT2D eigenvalue weighted by atomic mass is 10.2. The second-order valence-electron chi connectivity index (χ2n) is 4.14. The predicted octanol–water partition coefficient (Wildman–Crippen LogP) is 2.93. The first-order valence-electron chi connectivity index (χ1n) is 6.09. The SMILES string of the molecule is NC/C=C/c1ccc(OC2CCSCC2)cc1. The van der Waals surface area contributed by atoms with E-state index in [1.54, 1.807) is 0 Å². The van der Waals surface area contributed by atoms with Crippen LogP contribution in [0.15, 0.2) is 30.3 Å². The van der Waals surface area contributed by atoms with Crippen LogP contribution in [0.1, 0.15) is 18.4 Å². The highest BCUT2D eigenvalue weighted by molar-refractivity contribution is 7.99. The Balaban J connectivity index is 1.90. The standard InChI is InChI=1S/C14H19NOS/c15-9-1-2-12-3-5-13(6-4-12)16-14-7-10-17-11-8-14/h1-6,14H,7-11,15H2/b2-1+. The van der Waals surface area contributed by atoms with Crippen molar-refractivity contribution in [3.05, 3.63) is 35.9 Å². The van der Waals surface area contributed by atoms with E-state index in [4.69, 9.17) is 10.5 Å². The molecule has 0 amide bonds. The van der Waals surface area contributed by atoms with Crippen molar-refractivity contribution in [1.29, 1.82) is 0 Å². The fraction of sp³-hybridized carbons (Fsp3) is 0.429. The van der Waals surface area contributed by atoms with Crippen molar-refractivity contribution in [2.75, 3.05) is 18.1 Å². The highest BCUT2D eigenvalue weighted by atomic mass is 32.2. The molecule has 1 saturated heterocycles. The first-order valence-corrected chi connectivity index (χ1v) is 7.25. The molecule has 0 aliphatic carbocycles. The monoisotopic (exact) mass is 249 g/mol. The summed E-state index contributed by atoms with van der Waals surface area (Å²) in [4.78, 5) is 0. The minimum Gasteiger partial charge on any atom is -0.490 e. The number of hydrogen-bond donors (Lipinski definition) is 1. The van der Waals surface area contributed by atoms with E-state index in [0.717, 1.165) is 5.75 Å². The smallest absolute Gasteiger partial charge is 0.119 e. The summed E-state index contributed by atoms with van der Waals surface area (Å²) in [5.74, 6) is 3.43. The van der Waals surface area contributed by atoms with E-state index in [1.807, 2.05) is 36.0 Å². The number of thioether (sulfide) groups is 1. The molecule has 1 aliphatic heterocycles. The summed E-state index contributed by atoms with van der Waals surface area (Å²) in [6.07, 6.45) is 6.72. The van der Waals surface area contributed by atoms with Gasteiger partial charge < -0.3 is 10.5 Å². The Labute approximate surface area is 107 Å². The normalized spacial score (nSPS) is 17.5. The largest absolute Gasteiger partial charge is 0.490 e. The molecule has 1 heterocycles. The van der Waals surface area contributed by atoms with Gasteiger partial charge in [0.15, 0.2) is 0 Å². The Hall–Kier alpha value is -0.930. The lowest BCUT2D eigenvalue weighted by Gasteiger charge is -2.22. The topological polar surface area (TPSA) is 35.2 Å². The lowest BCUT2D eigenvalue weighted by molar-refractivity contribution is 0.192. The zero-order valence-electron chi connectivity index (χ0n) is 9.97. The maximum absolute atomic E-state index is 5.95. The average Bonchev–Trinajstić information content (AvgIpc) is 2.39. The molecule has 0 saturated carbocycles. The van der Waals surface area contributed by atoms with Gasteiger partial charge in [-0.3, -0.25) is 0 Å². The third-order valence-corrected chi connectivity index (χ3v) is 3.85. The minimum atomic E-state index is 0.404. The molecule has 1 fully saturated rings. The van der Waals surface area contributed by atoms with Gasteiger partial charge in [-0.05, 0) is 42.0 Å². The number of nitrogens with two attached hydrogens (primary N) is 1. The molecule has 0 radical (unpaired) electrons. The Kier molecular flexibility index (Phi) is 4.95. The van der Waals surface area contributed by atoms with Crippen LogP contribution in [-0.4, -0.2) is 24.2 Å². The summed E-state index contributed by atoms with van der Waals surface area (Å²) < 4.78 is 5.95. The second-order valence-corrected chi connectivity index (χ2v) is 5.36. The van der Waals surface area contributed by atoms with E-state index in [2.05, 4.69) is 12.1 Å². The number of benzene rings is 1. The number of ether oxygens (including phenoxy) is 1. The van der Waals surface area contributed by atoms with Gasteiger partial charge in [-0.1, -0.05) is 24.3 Å². The maximum atomic E-state index is 5.95. The van der Waals surface area contributed by atoms with E-state index in [0.29, 0.717) is 12.6 Å². The fourth-order valence-corrected chi connectivity index (χ4v) is 2.91. The van der Waals surface area contributed by atoms with Crippen LogP contribution in [0.3, 0.4) is 0 Å². The summed E-state index contributed by atoms with van der Waals surface area (Å²) >= 11 is 2.02. The van der Waals surface area contributed by atoms with Gasteiger partial charge in [-0.25, -0.2) is 0 Å². The van der Waals surface area contributed by atoms with E-state index in [1.165, 1.54) is 29.9 Å². The first kappa shape index (κ1) is 12.5. The van der Waals surface area contributed by atoms with Gasteiger partial charge in [0, 0.05) is 6.54 Å². The van der Waals surface area contributed by atoms with Crippen molar-refractivity contribution < 1.29 is 4.74 Å². The van der Waals surface area contributed by atoms with Gasteiger partial charge in [-0.2, -0.15) is 11.8 Å². The summed E-state index contributed by atoms with van der Waals surface area (Å²) in [6.45, 7) is 0.581. The van der Waals surface area contributed by atoms with Crippen LogP contribution < -0.4 is 10.5 Å². The van der Waals surface area contributed by atoms with Crippen molar-refractivity contribution in [3.63, 3.8) is 0 Å². The third kappa shape index (κ3) is 4.10. The number of rotatable bonds is 4. The van der Waals surface area contributed by atoms with Crippen molar-refractivity contribution >= 4 is 17.8 Å². The van der Waals surface area contributed by atoms with Crippen LogP contribution in [0.5, 0.6) is 5.75 Å². The molecule has 0 spiro atoms. The molecule has 92 valence electrons.